The third kappa shape index (κ3) is 4.04. The summed E-state index contributed by atoms with van der Waals surface area (Å²) >= 11 is 0. The van der Waals surface area contributed by atoms with E-state index in [0.29, 0.717) is 6.54 Å². The summed E-state index contributed by atoms with van der Waals surface area (Å²) in [5, 5.41) is 0. The Kier molecular flexibility index (Phi) is 5.65. The molecule has 0 aliphatic heterocycles. The molecule has 1 aromatic carbocycles. The van der Waals surface area contributed by atoms with E-state index in [4.69, 9.17) is 11.5 Å². The van der Waals surface area contributed by atoms with Crippen LogP contribution in [0.5, 0.6) is 0 Å². The minimum atomic E-state index is -0.298. The van der Waals surface area contributed by atoms with Crippen molar-refractivity contribution in [2.75, 3.05) is 18.0 Å². The average molecular weight is 249 g/mol. The molecule has 100 valence electrons. The lowest BCUT2D eigenvalue weighted by Crippen LogP contribution is -2.35. The fourth-order valence-corrected chi connectivity index (χ4v) is 2.02. The van der Waals surface area contributed by atoms with Gasteiger partial charge < -0.3 is 16.4 Å². The van der Waals surface area contributed by atoms with Crippen molar-refractivity contribution in [3.8, 4) is 0 Å². The van der Waals surface area contributed by atoms with Crippen LogP contribution in [0.25, 0.3) is 0 Å². The fraction of sp³-hybridized carbons (Fsp3) is 0.500. The average Bonchev–Trinajstić information content (AvgIpc) is 2.34. The van der Waals surface area contributed by atoms with Crippen LogP contribution in [0.15, 0.2) is 18.2 Å². The van der Waals surface area contributed by atoms with Gasteiger partial charge in [0.2, 0.25) is 5.91 Å². The molecule has 0 saturated carbocycles. The van der Waals surface area contributed by atoms with E-state index in [0.717, 1.165) is 36.2 Å². The van der Waals surface area contributed by atoms with Crippen molar-refractivity contribution in [2.24, 2.45) is 11.5 Å². The zero-order valence-electron chi connectivity index (χ0n) is 11.3. The largest absolute Gasteiger partial charge is 0.368 e. The van der Waals surface area contributed by atoms with Crippen LogP contribution < -0.4 is 16.4 Å². The standard InChI is InChI=1S/C14H23N3O/c1-3-4-7-17(10-14(16)18)13-6-5-12(9-15)8-11(13)2/h5-6,8H,3-4,7,9-10,15H2,1-2H3,(H2,16,18). The number of nitrogens with two attached hydrogens (primary N) is 2. The number of unbranched alkanes of at least 4 members (excludes halogenated alkanes) is 1. The predicted octanol–water partition coefficient (Wildman–Crippen LogP) is 1.55. The number of amides is 1. The van der Waals surface area contributed by atoms with Crippen molar-refractivity contribution < 1.29 is 4.79 Å². The minimum absolute atomic E-state index is 0.267. The van der Waals surface area contributed by atoms with E-state index in [2.05, 4.69) is 13.0 Å². The third-order valence-corrected chi connectivity index (χ3v) is 2.97. The first-order valence-corrected chi connectivity index (χ1v) is 6.41. The molecule has 0 aliphatic rings. The lowest BCUT2D eigenvalue weighted by Gasteiger charge is -2.25. The maximum Gasteiger partial charge on any atom is 0.236 e. The van der Waals surface area contributed by atoms with Crippen LogP contribution in [-0.2, 0) is 11.3 Å². The Bertz CT molecular complexity index is 404. The molecule has 0 spiro atoms. The zero-order chi connectivity index (χ0) is 13.5. The van der Waals surface area contributed by atoms with Gasteiger partial charge in [-0.15, -0.1) is 0 Å². The highest BCUT2D eigenvalue weighted by atomic mass is 16.1. The summed E-state index contributed by atoms with van der Waals surface area (Å²) in [6.45, 7) is 5.82. The van der Waals surface area contributed by atoms with E-state index >= 15 is 0 Å². The van der Waals surface area contributed by atoms with Crippen molar-refractivity contribution in [3.05, 3.63) is 29.3 Å². The molecular weight excluding hydrogens is 226 g/mol. The molecule has 0 fully saturated rings. The second-order valence-corrected chi connectivity index (χ2v) is 4.57. The molecule has 4 heteroatoms. The molecular formula is C14H23N3O. The number of benzene rings is 1. The molecule has 0 aromatic heterocycles. The molecule has 4 N–H and O–H groups in total. The molecule has 0 aliphatic carbocycles. The van der Waals surface area contributed by atoms with Crippen LogP contribution >= 0.6 is 0 Å². The molecule has 0 unspecified atom stereocenters. The second-order valence-electron chi connectivity index (χ2n) is 4.57. The Balaban J connectivity index is 2.92. The molecule has 0 heterocycles. The van der Waals surface area contributed by atoms with E-state index < -0.39 is 0 Å². The summed E-state index contributed by atoms with van der Waals surface area (Å²) in [4.78, 5) is 13.2. The van der Waals surface area contributed by atoms with Crippen molar-refractivity contribution in [1.82, 2.24) is 0 Å². The van der Waals surface area contributed by atoms with E-state index in [1.807, 2.05) is 24.0 Å². The lowest BCUT2D eigenvalue weighted by molar-refractivity contribution is -0.116. The van der Waals surface area contributed by atoms with Gasteiger partial charge in [0.05, 0.1) is 6.54 Å². The second kappa shape index (κ2) is 7.01. The minimum Gasteiger partial charge on any atom is -0.368 e. The number of rotatable bonds is 7. The number of anilines is 1. The highest BCUT2D eigenvalue weighted by molar-refractivity contribution is 5.80. The first-order valence-electron chi connectivity index (χ1n) is 6.41. The molecule has 0 bridgehead atoms. The van der Waals surface area contributed by atoms with Gasteiger partial charge in [0.1, 0.15) is 0 Å². The first kappa shape index (κ1) is 14.5. The molecule has 1 aromatic rings. The molecule has 0 atom stereocenters. The highest BCUT2D eigenvalue weighted by Gasteiger charge is 2.11. The van der Waals surface area contributed by atoms with Gasteiger partial charge in [0.25, 0.3) is 0 Å². The van der Waals surface area contributed by atoms with Crippen molar-refractivity contribution >= 4 is 11.6 Å². The van der Waals surface area contributed by atoms with Crippen LogP contribution in [0.4, 0.5) is 5.69 Å². The van der Waals surface area contributed by atoms with Gasteiger partial charge in [-0.05, 0) is 30.5 Å². The lowest BCUT2D eigenvalue weighted by atomic mass is 10.1. The van der Waals surface area contributed by atoms with E-state index in [9.17, 15) is 4.79 Å². The van der Waals surface area contributed by atoms with Crippen molar-refractivity contribution in [3.63, 3.8) is 0 Å². The predicted molar refractivity (Wildman–Crippen MR) is 75.4 cm³/mol. The number of hydrogen-bond acceptors (Lipinski definition) is 3. The number of nitrogens with zero attached hydrogens (tertiary/aromatic N) is 1. The van der Waals surface area contributed by atoms with Gasteiger partial charge in [-0.1, -0.05) is 25.5 Å². The van der Waals surface area contributed by atoms with Crippen LogP contribution in [0.3, 0.4) is 0 Å². The van der Waals surface area contributed by atoms with Crippen LogP contribution in [0.1, 0.15) is 30.9 Å². The van der Waals surface area contributed by atoms with E-state index in [1.54, 1.807) is 0 Å². The maximum absolute atomic E-state index is 11.1. The molecule has 1 amide bonds. The Morgan fingerprint density at radius 1 is 1.39 bits per heavy atom. The van der Waals surface area contributed by atoms with Crippen LogP contribution in [0, 0.1) is 6.92 Å². The van der Waals surface area contributed by atoms with Crippen molar-refractivity contribution in [2.45, 2.75) is 33.2 Å². The zero-order valence-corrected chi connectivity index (χ0v) is 11.3. The molecule has 4 nitrogen and oxygen atoms in total. The van der Waals surface area contributed by atoms with Gasteiger partial charge >= 0.3 is 0 Å². The Labute approximate surface area is 109 Å². The summed E-state index contributed by atoms with van der Waals surface area (Å²) in [7, 11) is 0. The Hall–Kier alpha value is -1.55. The summed E-state index contributed by atoms with van der Waals surface area (Å²) in [5.74, 6) is -0.298. The number of hydrogen-bond donors (Lipinski definition) is 2. The monoisotopic (exact) mass is 249 g/mol. The van der Waals surface area contributed by atoms with E-state index in [1.165, 1.54) is 0 Å². The smallest absolute Gasteiger partial charge is 0.236 e. The first-order chi connectivity index (χ1) is 8.58. The normalized spacial score (nSPS) is 10.4. The summed E-state index contributed by atoms with van der Waals surface area (Å²) < 4.78 is 0. The Morgan fingerprint density at radius 2 is 2.11 bits per heavy atom. The van der Waals surface area contributed by atoms with E-state index in [-0.39, 0.29) is 12.5 Å². The molecule has 0 saturated heterocycles. The highest BCUT2D eigenvalue weighted by Crippen LogP contribution is 2.21. The molecule has 1 rings (SSSR count). The van der Waals surface area contributed by atoms with Crippen LogP contribution in [-0.4, -0.2) is 19.0 Å². The quantitative estimate of drug-likeness (QED) is 0.770. The van der Waals surface area contributed by atoms with Gasteiger partial charge in [-0.25, -0.2) is 0 Å². The fourth-order valence-electron chi connectivity index (χ4n) is 2.02. The number of primary amides is 1. The SMILES string of the molecule is CCCCN(CC(N)=O)c1ccc(CN)cc1C. The van der Waals surface area contributed by atoms with Crippen LogP contribution in [0.2, 0.25) is 0 Å². The Morgan fingerprint density at radius 3 is 2.61 bits per heavy atom. The maximum atomic E-state index is 11.1. The van der Waals surface area contributed by atoms with Gasteiger partial charge in [0.15, 0.2) is 0 Å². The summed E-state index contributed by atoms with van der Waals surface area (Å²) in [6.07, 6.45) is 2.14. The van der Waals surface area contributed by atoms with Gasteiger partial charge in [-0.2, -0.15) is 0 Å². The summed E-state index contributed by atoms with van der Waals surface area (Å²) in [5.41, 5.74) is 14.2. The van der Waals surface area contributed by atoms with Crippen molar-refractivity contribution in [1.29, 1.82) is 0 Å². The van der Waals surface area contributed by atoms with Gasteiger partial charge in [-0.3, -0.25) is 4.79 Å². The number of carbonyl (C=O) groups is 1. The topological polar surface area (TPSA) is 72.3 Å². The molecule has 18 heavy (non-hydrogen) atoms. The number of aryl methyl sites for hydroxylation is 1. The number of carbonyl (C=O) groups excluding carboxylic acids is 1. The molecule has 0 radical (unpaired) electrons. The third-order valence-electron chi connectivity index (χ3n) is 2.97. The van der Waals surface area contributed by atoms with Gasteiger partial charge in [0, 0.05) is 18.8 Å². The summed E-state index contributed by atoms with van der Waals surface area (Å²) in [6, 6.07) is 6.09.